The molecule has 5 N–H and O–H groups in total. The van der Waals surface area contributed by atoms with E-state index in [1.165, 1.54) is 0 Å². The van der Waals surface area contributed by atoms with Gasteiger partial charge in [0.1, 0.15) is 12.6 Å². The van der Waals surface area contributed by atoms with Crippen LogP contribution in [0.2, 0.25) is 0 Å². The molecule has 1 aromatic rings. The Morgan fingerprint density at radius 1 is 1.44 bits per heavy atom. The summed E-state index contributed by atoms with van der Waals surface area (Å²) in [6.07, 6.45) is 0.459. The molecule has 1 saturated heterocycles. The lowest BCUT2D eigenvalue weighted by molar-refractivity contribution is -0.119. The van der Waals surface area contributed by atoms with Gasteiger partial charge in [0.2, 0.25) is 11.6 Å². The summed E-state index contributed by atoms with van der Waals surface area (Å²) < 4.78 is 5.26. The van der Waals surface area contributed by atoms with Crippen LogP contribution in [-0.4, -0.2) is 34.9 Å². The first-order valence-electron chi connectivity index (χ1n) is 5.27. The molecule has 0 radical (unpaired) electrons. The molecule has 0 saturated carbocycles. The number of nitrogen functional groups attached to an aromatic ring is 2. The molecule has 0 bridgehead atoms. The Kier molecular flexibility index (Phi) is 3.33. The number of aromatic nitrogens is 2. The van der Waals surface area contributed by atoms with Gasteiger partial charge >= 0.3 is 0 Å². The van der Waals surface area contributed by atoms with E-state index in [1.54, 1.807) is 0 Å². The van der Waals surface area contributed by atoms with E-state index in [4.69, 9.17) is 16.2 Å². The number of rotatable bonds is 4. The smallest absolute Gasteiger partial charge is 0.250 e. The number of nitrogens with one attached hydrogen (secondary N) is 1. The fourth-order valence-corrected chi connectivity index (χ4v) is 1.63. The monoisotopic (exact) mass is 252 g/mol. The zero-order chi connectivity index (χ0) is 13.1. The molecule has 2 heterocycles. The van der Waals surface area contributed by atoms with Crippen LogP contribution in [-0.2, 0) is 4.79 Å². The molecule has 96 valence electrons. The highest BCUT2D eigenvalue weighted by atomic mass is 16.5. The molecule has 0 amide bonds. The van der Waals surface area contributed by atoms with Crippen LogP contribution in [0.15, 0.2) is 5.18 Å². The maximum absolute atomic E-state index is 11.4. The number of ketones is 1. The summed E-state index contributed by atoms with van der Waals surface area (Å²) in [7, 11) is 0. The molecule has 0 aromatic carbocycles. The largest absolute Gasteiger partial charge is 0.474 e. The minimum absolute atomic E-state index is 0.0389. The average Bonchev–Trinajstić information content (AvgIpc) is 2.71. The van der Waals surface area contributed by atoms with Gasteiger partial charge in [-0.15, -0.1) is 4.91 Å². The SMILES string of the molecule is Nc1nc(N)c(N=O)c(OC[C@@H]2NCCC2=O)n1. The highest BCUT2D eigenvalue weighted by molar-refractivity contribution is 5.86. The van der Waals surface area contributed by atoms with Gasteiger partial charge in [0.05, 0.1) is 0 Å². The normalized spacial score (nSPS) is 18.9. The van der Waals surface area contributed by atoms with Gasteiger partial charge in [0, 0.05) is 13.0 Å². The third-order valence-electron chi connectivity index (χ3n) is 2.53. The summed E-state index contributed by atoms with van der Waals surface area (Å²) in [4.78, 5) is 29.3. The third kappa shape index (κ3) is 2.35. The second kappa shape index (κ2) is 4.92. The molecular weight excluding hydrogens is 240 g/mol. The Bertz CT molecular complexity index is 491. The van der Waals surface area contributed by atoms with Crippen molar-refractivity contribution in [3.05, 3.63) is 4.91 Å². The first kappa shape index (κ1) is 12.2. The van der Waals surface area contributed by atoms with Crippen LogP contribution in [0.25, 0.3) is 0 Å². The molecule has 1 aromatic heterocycles. The lowest BCUT2D eigenvalue weighted by atomic mass is 10.2. The number of nitrogens with two attached hydrogens (primary N) is 2. The molecule has 9 heteroatoms. The molecule has 1 fully saturated rings. The average molecular weight is 252 g/mol. The van der Waals surface area contributed by atoms with E-state index in [9.17, 15) is 9.70 Å². The number of Topliss-reactive ketones (excluding diaryl/α,β-unsaturated/α-hetero) is 1. The third-order valence-corrected chi connectivity index (χ3v) is 2.53. The number of ether oxygens (including phenoxy) is 1. The lowest BCUT2D eigenvalue weighted by Gasteiger charge is -2.11. The summed E-state index contributed by atoms with van der Waals surface area (Å²) in [6.45, 7) is 0.650. The number of nitrogens with zero attached hydrogens (tertiary/aromatic N) is 3. The van der Waals surface area contributed by atoms with E-state index in [2.05, 4.69) is 20.5 Å². The number of anilines is 2. The second-order valence-corrected chi connectivity index (χ2v) is 3.75. The molecule has 1 aliphatic heterocycles. The van der Waals surface area contributed by atoms with Crippen LogP contribution >= 0.6 is 0 Å². The van der Waals surface area contributed by atoms with Gasteiger partial charge in [0.25, 0.3) is 5.88 Å². The van der Waals surface area contributed by atoms with E-state index >= 15 is 0 Å². The zero-order valence-electron chi connectivity index (χ0n) is 9.42. The summed E-state index contributed by atoms with van der Waals surface area (Å²) >= 11 is 0. The topological polar surface area (TPSA) is 146 Å². The maximum Gasteiger partial charge on any atom is 0.250 e. The summed E-state index contributed by atoms with van der Waals surface area (Å²) in [5.74, 6) is -0.346. The number of carbonyl (C=O) groups excluding carboxylic acids is 1. The van der Waals surface area contributed by atoms with Crippen molar-refractivity contribution >= 4 is 23.2 Å². The van der Waals surface area contributed by atoms with E-state index in [1.807, 2.05) is 0 Å². The summed E-state index contributed by atoms with van der Waals surface area (Å²) in [6, 6.07) is -0.415. The van der Waals surface area contributed by atoms with Crippen LogP contribution in [0.3, 0.4) is 0 Å². The van der Waals surface area contributed by atoms with E-state index in [0.29, 0.717) is 13.0 Å². The predicted octanol–water partition coefficient (Wildman–Crippen LogP) is -0.651. The van der Waals surface area contributed by atoms with Gasteiger partial charge in [0.15, 0.2) is 11.6 Å². The van der Waals surface area contributed by atoms with Gasteiger partial charge in [-0.1, -0.05) is 0 Å². The van der Waals surface area contributed by atoms with E-state index in [0.717, 1.165) is 0 Å². The number of hydrogen-bond donors (Lipinski definition) is 3. The lowest BCUT2D eigenvalue weighted by Crippen LogP contribution is -2.33. The Hall–Kier alpha value is -2.29. The van der Waals surface area contributed by atoms with Crippen LogP contribution in [0.1, 0.15) is 6.42 Å². The van der Waals surface area contributed by atoms with Crippen LogP contribution in [0.4, 0.5) is 17.5 Å². The molecule has 0 aliphatic carbocycles. The van der Waals surface area contributed by atoms with Crippen molar-refractivity contribution in [1.29, 1.82) is 0 Å². The van der Waals surface area contributed by atoms with Gasteiger partial charge in [-0.3, -0.25) is 4.79 Å². The molecule has 9 nitrogen and oxygen atoms in total. The predicted molar refractivity (Wildman–Crippen MR) is 63.2 cm³/mol. The number of nitroso groups, excluding NO2 is 1. The van der Waals surface area contributed by atoms with Gasteiger partial charge < -0.3 is 21.5 Å². The van der Waals surface area contributed by atoms with Gasteiger partial charge in [-0.05, 0) is 5.18 Å². The molecule has 2 rings (SSSR count). The van der Waals surface area contributed by atoms with Crippen molar-refractivity contribution in [2.24, 2.45) is 5.18 Å². The molecule has 0 unspecified atom stereocenters. The molecule has 1 atom stereocenters. The fraction of sp³-hybridized carbons (Fsp3) is 0.444. The number of hydrogen-bond acceptors (Lipinski definition) is 9. The van der Waals surface area contributed by atoms with E-state index < -0.39 is 6.04 Å². The molecule has 1 aliphatic rings. The Morgan fingerprint density at radius 3 is 2.83 bits per heavy atom. The fourth-order valence-electron chi connectivity index (χ4n) is 1.63. The Balaban J connectivity index is 2.13. The van der Waals surface area contributed by atoms with E-state index in [-0.39, 0.29) is 35.7 Å². The van der Waals surface area contributed by atoms with Crippen molar-refractivity contribution < 1.29 is 9.53 Å². The first-order chi connectivity index (χ1) is 8.61. The molecule has 0 spiro atoms. The van der Waals surface area contributed by atoms with Crippen molar-refractivity contribution in [2.75, 3.05) is 24.6 Å². The zero-order valence-corrected chi connectivity index (χ0v) is 9.42. The highest BCUT2D eigenvalue weighted by Crippen LogP contribution is 2.30. The maximum atomic E-state index is 11.4. The highest BCUT2D eigenvalue weighted by Gasteiger charge is 2.25. The summed E-state index contributed by atoms with van der Waals surface area (Å²) in [5, 5.41) is 5.64. The minimum Gasteiger partial charge on any atom is -0.474 e. The molecule has 18 heavy (non-hydrogen) atoms. The standard InChI is InChI=1S/C9H12N6O3/c10-7-6(15-17)8(14-9(11)13-7)18-3-4-5(16)1-2-12-4/h4,12H,1-3H2,(H4,10,11,13,14)/t4-/m0/s1. The minimum atomic E-state index is -0.415. The number of carbonyl (C=O) groups is 1. The van der Waals surface area contributed by atoms with Gasteiger partial charge in [-0.2, -0.15) is 9.97 Å². The Labute approximate surface area is 102 Å². The summed E-state index contributed by atoms with van der Waals surface area (Å²) in [5.41, 5.74) is 10.6. The van der Waals surface area contributed by atoms with Crippen molar-refractivity contribution in [3.63, 3.8) is 0 Å². The van der Waals surface area contributed by atoms with Gasteiger partial charge in [-0.25, -0.2) is 0 Å². The van der Waals surface area contributed by atoms with Crippen LogP contribution < -0.4 is 21.5 Å². The van der Waals surface area contributed by atoms with Crippen molar-refractivity contribution in [3.8, 4) is 5.88 Å². The Morgan fingerprint density at radius 2 is 2.22 bits per heavy atom. The first-order valence-corrected chi connectivity index (χ1v) is 5.27. The second-order valence-electron chi connectivity index (χ2n) is 3.75. The molecular formula is C9H12N6O3. The van der Waals surface area contributed by atoms with Crippen molar-refractivity contribution in [2.45, 2.75) is 12.5 Å². The van der Waals surface area contributed by atoms with Crippen molar-refractivity contribution in [1.82, 2.24) is 15.3 Å². The van der Waals surface area contributed by atoms with Crippen LogP contribution in [0, 0.1) is 4.91 Å². The van der Waals surface area contributed by atoms with Crippen LogP contribution in [0.5, 0.6) is 5.88 Å². The quantitative estimate of drug-likeness (QED) is 0.599.